The van der Waals surface area contributed by atoms with Gasteiger partial charge in [0, 0.05) is 24.2 Å². The van der Waals surface area contributed by atoms with Crippen LogP contribution in [0.3, 0.4) is 0 Å². The maximum absolute atomic E-state index is 9.80. The molecule has 1 aromatic carbocycles. The van der Waals surface area contributed by atoms with E-state index >= 15 is 0 Å². The van der Waals surface area contributed by atoms with Crippen molar-refractivity contribution in [1.29, 1.82) is 0 Å². The van der Waals surface area contributed by atoms with Crippen molar-refractivity contribution in [2.45, 2.75) is 32.9 Å². The molecule has 0 bridgehead atoms. The van der Waals surface area contributed by atoms with E-state index in [1.807, 2.05) is 31.2 Å². The smallest absolute Gasteiger partial charge is 0.0897 e. The van der Waals surface area contributed by atoms with Gasteiger partial charge in [-0.15, -0.1) is 0 Å². The minimum atomic E-state index is -0.486. The van der Waals surface area contributed by atoms with Gasteiger partial charge in [0.2, 0.25) is 0 Å². The van der Waals surface area contributed by atoms with E-state index in [1.54, 1.807) is 0 Å². The Labute approximate surface area is 120 Å². The number of ether oxygens (including phenoxy) is 1. The second kappa shape index (κ2) is 8.54. The molecule has 19 heavy (non-hydrogen) atoms. The van der Waals surface area contributed by atoms with Crippen LogP contribution in [0.15, 0.2) is 24.3 Å². The van der Waals surface area contributed by atoms with Gasteiger partial charge in [-0.2, -0.15) is 0 Å². The Bertz CT molecular complexity index is 371. The van der Waals surface area contributed by atoms with Crippen molar-refractivity contribution >= 4 is 11.6 Å². The molecular formula is C15H24ClNO2. The second-order valence-electron chi connectivity index (χ2n) is 5.27. The molecule has 1 aromatic rings. The number of hydrogen-bond acceptors (Lipinski definition) is 3. The van der Waals surface area contributed by atoms with Crippen LogP contribution in [-0.2, 0) is 4.74 Å². The first-order chi connectivity index (χ1) is 8.99. The highest BCUT2D eigenvalue weighted by Crippen LogP contribution is 2.17. The molecule has 0 aromatic heterocycles. The molecule has 2 N–H and O–H groups in total. The van der Waals surface area contributed by atoms with Gasteiger partial charge >= 0.3 is 0 Å². The normalized spacial score (nSPS) is 14.6. The van der Waals surface area contributed by atoms with Crippen LogP contribution in [0.25, 0.3) is 0 Å². The Morgan fingerprint density at radius 2 is 2.00 bits per heavy atom. The lowest BCUT2D eigenvalue weighted by Crippen LogP contribution is -2.32. The maximum atomic E-state index is 9.80. The second-order valence-corrected chi connectivity index (χ2v) is 5.71. The Hall–Kier alpha value is -0.610. The SMILES string of the molecule is CC(C)COCC(O)CNC(C)c1cccc(Cl)c1. The number of halogens is 1. The van der Waals surface area contributed by atoms with E-state index in [0.29, 0.717) is 25.7 Å². The number of aliphatic hydroxyl groups is 1. The average Bonchev–Trinajstić information content (AvgIpc) is 2.35. The fourth-order valence-electron chi connectivity index (χ4n) is 1.71. The zero-order valence-electron chi connectivity index (χ0n) is 11.9. The largest absolute Gasteiger partial charge is 0.389 e. The molecule has 4 heteroatoms. The monoisotopic (exact) mass is 285 g/mol. The Kier molecular flexibility index (Phi) is 7.39. The Balaban J connectivity index is 2.27. The van der Waals surface area contributed by atoms with Crippen LogP contribution in [0.5, 0.6) is 0 Å². The minimum Gasteiger partial charge on any atom is -0.389 e. The van der Waals surface area contributed by atoms with Crippen LogP contribution in [0.2, 0.25) is 5.02 Å². The third kappa shape index (κ3) is 6.92. The van der Waals surface area contributed by atoms with E-state index < -0.39 is 6.10 Å². The third-order valence-corrected chi connectivity index (χ3v) is 3.00. The average molecular weight is 286 g/mol. The number of hydrogen-bond donors (Lipinski definition) is 2. The van der Waals surface area contributed by atoms with E-state index in [0.717, 1.165) is 10.6 Å². The minimum absolute atomic E-state index is 0.151. The molecule has 0 saturated heterocycles. The fourth-order valence-corrected chi connectivity index (χ4v) is 1.90. The van der Waals surface area contributed by atoms with E-state index in [1.165, 1.54) is 0 Å². The number of rotatable bonds is 8. The number of benzene rings is 1. The summed E-state index contributed by atoms with van der Waals surface area (Å²) >= 11 is 5.95. The molecule has 1 rings (SSSR count). The van der Waals surface area contributed by atoms with Gasteiger partial charge in [-0.1, -0.05) is 37.6 Å². The van der Waals surface area contributed by atoms with Gasteiger partial charge in [-0.3, -0.25) is 0 Å². The van der Waals surface area contributed by atoms with E-state index in [-0.39, 0.29) is 6.04 Å². The van der Waals surface area contributed by atoms with E-state index in [9.17, 15) is 5.11 Å². The molecule has 0 aliphatic heterocycles. The highest BCUT2D eigenvalue weighted by atomic mass is 35.5. The Morgan fingerprint density at radius 1 is 1.26 bits per heavy atom. The summed E-state index contributed by atoms with van der Waals surface area (Å²) in [4.78, 5) is 0. The van der Waals surface area contributed by atoms with Crippen molar-refractivity contribution in [1.82, 2.24) is 5.32 Å². The van der Waals surface area contributed by atoms with Gasteiger partial charge < -0.3 is 15.2 Å². The summed E-state index contributed by atoms with van der Waals surface area (Å²) < 4.78 is 5.40. The van der Waals surface area contributed by atoms with E-state index in [2.05, 4.69) is 19.2 Å². The van der Waals surface area contributed by atoms with Crippen LogP contribution in [0, 0.1) is 5.92 Å². The number of nitrogens with one attached hydrogen (secondary N) is 1. The molecule has 0 spiro atoms. The summed E-state index contributed by atoms with van der Waals surface area (Å²) in [7, 11) is 0. The topological polar surface area (TPSA) is 41.5 Å². The molecular weight excluding hydrogens is 262 g/mol. The highest BCUT2D eigenvalue weighted by Gasteiger charge is 2.09. The first-order valence-corrected chi connectivity index (χ1v) is 7.11. The van der Waals surface area contributed by atoms with Crippen LogP contribution in [0.4, 0.5) is 0 Å². The van der Waals surface area contributed by atoms with Crippen LogP contribution in [-0.4, -0.2) is 31.0 Å². The van der Waals surface area contributed by atoms with Crippen molar-refractivity contribution < 1.29 is 9.84 Å². The van der Waals surface area contributed by atoms with Gasteiger partial charge in [-0.25, -0.2) is 0 Å². The summed E-state index contributed by atoms with van der Waals surface area (Å²) in [5.74, 6) is 0.491. The van der Waals surface area contributed by atoms with Crippen molar-refractivity contribution in [2.24, 2.45) is 5.92 Å². The lowest BCUT2D eigenvalue weighted by Gasteiger charge is -2.18. The number of aliphatic hydroxyl groups excluding tert-OH is 1. The highest BCUT2D eigenvalue weighted by molar-refractivity contribution is 6.30. The molecule has 0 aliphatic rings. The molecule has 0 amide bonds. The summed E-state index contributed by atoms with van der Waals surface area (Å²) in [6.45, 7) is 7.78. The van der Waals surface area contributed by atoms with Crippen molar-refractivity contribution in [3.05, 3.63) is 34.9 Å². The van der Waals surface area contributed by atoms with Crippen molar-refractivity contribution in [3.8, 4) is 0 Å². The zero-order valence-corrected chi connectivity index (χ0v) is 12.7. The van der Waals surface area contributed by atoms with Gasteiger partial charge in [0.1, 0.15) is 0 Å². The maximum Gasteiger partial charge on any atom is 0.0897 e. The molecule has 2 atom stereocenters. The van der Waals surface area contributed by atoms with Crippen LogP contribution < -0.4 is 5.32 Å². The summed E-state index contributed by atoms with van der Waals surface area (Å²) in [5, 5.41) is 13.8. The molecule has 2 unspecified atom stereocenters. The predicted molar refractivity (Wildman–Crippen MR) is 79.5 cm³/mol. The molecule has 0 heterocycles. The first-order valence-electron chi connectivity index (χ1n) is 6.73. The molecule has 0 aliphatic carbocycles. The lowest BCUT2D eigenvalue weighted by atomic mass is 10.1. The van der Waals surface area contributed by atoms with E-state index in [4.69, 9.17) is 16.3 Å². The predicted octanol–water partition coefficient (Wildman–Crippen LogP) is 3.02. The fraction of sp³-hybridized carbons (Fsp3) is 0.600. The lowest BCUT2D eigenvalue weighted by molar-refractivity contribution is 0.0252. The van der Waals surface area contributed by atoms with Gasteiger partial charge in [0.15, 0.2) is 0 Å². The van der Waals surface area contributed by atoms with Crippen LogP contribution >= 0.6 is 11.6 Å². The quantitative estimate of drug-likeness (QED) is 0.771. The summed E-state index contributed by atoms with van der Waals surface area (Å²) in [6.07, 6.45) is -0.486. The molecule has 0 saturated carbocycles. The van der Waals surface area contributed by atoms with Crippen molar-refractivity contribution in [2.75, 3.05) is 19.8 Å². The Morgan fingerprint density at radius 3 is 2.63 bits per heavy atom. The zero-order chi connectivity index (χ0) is 14.3. The van der Waals surface area contributed by atoms with Gasteiger partial charge in [0.05, 0.1) is 12.7 Å². The standard InChI is InChI=1S/C15H24ClNO2/c1-11(2)9-19-10-15(18)8-17-12(3)13-5-4-6-14(16)7-13/h4-7,11-12,15,17-18H,8-10H2,1-3H3. The van der Waals surface area contributed by atoms with Gasteiger partial charge in [0.25, 0.3) is 0 Å². The molecule has 0 fully saturated rings. The molecule has 3 nitrogen and oxygen atoms in total. The summed E-state index contributed by atoms with van der Waals surface area (Å²) in [6, 6.07) is 7.88. The molecule has 108 valence electrons. The first kappa shape index (κ1) is 16.4. The van der Waals surface area contributed by atoms with Crippen LogP contribution in [0.1, 0.15) is 32.4 Å². The third-order valence-electron chi connectivity index (χ3n) is 2.77. The van der Waals surface area contributed by atoms with Crippen molar-refractivity contribution in [3.63, 3.8) is 0 Å². The molecule has 0 radical (unpaired) electrons. The summed E-state index contributed by atoms with van der Waals surface area (Å²) in [5.41, 5.74) is 1.11. The van der Waals surface area contributed by atoms with Gasteiger partial charge in [-0.05, 0) is 30.5 Å².